The number of aliphatic hydroxyl groups is 1. The Morgan fingerprint density at radius 2 is 1.14 bits per heavy atom. The zero-order valence-electron chi connectivity index (χ0n) is 19.8. The van der Waals surface area contributed by atoms with Gasteiger partial charge in [0.1, 0.15) is 12.6 Å². The Bertz CT molecular complexity index is 1140. The molecular weight excluding hydrogens is 434 g/mol. The lowest BCUT2D eigenvalue weighted by Gasteiger charge is -2.31. The molecule has 0 amide bonds. The van der Waals surface area contributed by atoms with Gasteiger partial charge in [-0.25, -0.2) is 0 Å². The molecule has 0 radical (unpaired) electrons. The van der Waals surface area contributed by atoms with E-state index in [9.17, 15) is 9.90 Å². The van der Waals surface area contributed by atoms with Crippen LogP contribution in [-0.4, -0.2) is 22.0 Å². The lowest BCUT2D eigenvalue weighted by atomic mass is 10.0. The normalized spacial score (nSPS) is 11.8. The highest BCUT2D eigenvalue weighted by atomic mass is 16.5. The van der Waals surface area contributed by atoms with Gasteiger partial charge in [0.15, 0.2) is 0 Å². The van der Waals surface area contributed by atoms with Gasteiger partial charge in [-0.1, -0.05) is 115 Å². The van der Waals surface area contributed by atoms with E-state index in [1.165, 1.54) is 0 Å². The third kappa shape index (κ3) is 7.38. The first-order chi connectivity index (χ1) is 17.2. The summed E-state index contributed by atoms with van der Waals surface area (Å²) in [6.07, 6.45) is 0.487. The van der Waals surface area contributed by atoms with Crippen molar-refractivity contribution in [1.82, 2.24) is 4.90 Å². The minimum Gasteiger partial charge on any atom is -0.460 e. The molecule has 4 aromatic rings. The van der Waals surface area contributed by atoms with E-state index in [-0.39, 0.29) is 19.2 Å². The molecular formula is C31H31NO3. The van der Waals surface area contributed by atoms with Crippen LogP contribution in [0.3, 0.4) is 0 Å². The second-order valence-electron chi connectivity index (χ2n) is 8.67. The first kappa shape index (κ1) is 24.4. The molecule has 0 spiro atoms. The Morgan fingerprint density at radius 1 is 0.657 bits per heavy atom. The monoisotopic (exact) mass is 465 g/mol. The fourth-order valence-corrected chi connectivity index (χ4v) is 4.18. The minimum absolute atomic E-state index is 0.0330. The molecule has 0 heterocycles. The summed E-state index contributed by atoms with van der Waals surface area (Å²) in [6.45, 7) is 1.42. The van der Waals surface area contributed by atoms with E-state index in [4.69, 9.17) is 4.74 Å². The Hall–Kier alpha value is -3.73. The van der Waals surface area contributed by atoms with Crippen LogP contribution >= 0.6 is 0 Å². The van der Waals surface area contributed by atoms with Gasteiger partial charge in [-0.3, -0.25) is 9.69 Å². The van der Waals surface area contributed by atoms with Crippen molar-refractivity contribution in [2.75, 3.05) is 0 Å². The van der Waals surface area contributed by atoms with Crippen LogP contribution in [0.1, 0.15) is 27.8 Å². The number of hydrogen-bond acceptors (Lipinski definition) is 4. The van der Waals surface area contributed by atoms with E-state index in [1.54, 1.807) is 0 Å². The Morgan fingerprint density at radius 3 is 1.69 bits per heavy atom. The largest absolute Gasteiger partial charge is 0.460 e. The molecule has 4 nitrogen and oxygen atoms in total. The molecule has 0 aliphatic carbocycles. The number of nitrogens with zero attached hydrogens (tertiary/aromatic N) is 1. The zero-order valence-corrected chi connectivity index (χ0v) is 19.8. The summed E-state index contributed by atoms with van der Waals surface area (Å²) >= 11 is 0. The number of carbonyl (C=O) groups is 1. The molecule has 178 valence electrons. The van der Waals surface area contributed by atoms with E-state index in [2.05, 4.69) is 29.2 Å². The third-order valence-corrected chi connectivity index (χ3v) is 6.00. The molecule has 1 unspecified atom stereocenters. The van der Waals surface area contributed by atoms with Gasteiger partial charge in [-0.05, 0) is 34.2 Å². The summed E-state index contributed by atoms with van der Waals surface area (Å²) in [6, 6.07) is 37.4. The van der Waals surface area contributed by atoms with Gasteiger partial charge in [0.2, 0.25) is 0 Å². The van der Waals surface area contributed by atoms with Gasteiger partial charge >= 0.3 is 5.97 Å². The number of aliphatic hydroxyl groups excluding tert-OH is 1. The van der Waals surface area contributed by atoms with Crippen molar-refractivity contribution in [3.63, 3.8) is 0 Å². The second-order valence-corrected chi connectivity index (χ2v) is 8.67. The van der Waals surface area contributed by atoms with Gasteiger partial charge < -0.3 is 9.84 Å². The summed E-state index contributed by atoms with van der Waals surface area (Å²) < 4.78 is 5.85. The maximum Gasteiger partial charge on any atom is 0.324 e. The summed E-state index contributed by atoms with van der Waals surface area (Å²) in [7, 11) is 0. The number of ether oxygens (including phenoxy) is 1. The van der Waals surface area contributed by atoms with Crippen molar-refractivity contribution in [3.8, 4) is 0 Å². The lowest BCUT2D eigenvalue weighted by Crippen LogP contribution is -2.43. The van der Waals surface area contributed by atoms with Crippen LogP contribution in [0, 0.1) is 0 Å². The van der Waals surface area contributed by atoms with Crippen molar-refractivity contribution in [3.05, 3.63) is 143 Å². The molecule has 4 aromatic carbocycles. The second kappa shape index (κ2) is 12.7. The van der Waals surface area contributed by atoms with Crippen LogP contribution in [0.15, 0.2) is 115 Å². The van der Waals surface area contributed by atoms with Crippen LogP contribution in [0.4, 0.5) is 0 Å². The van der Waals surface area contributed by atoms with Crippen LogP contribution in [0.2, 0.25) is 0 Å². The fraction of sp³-hybridized carbons (Fsp3) is 0.194. The highest BCUT2D eigenvalue weighted by molar-refractivity contribution is 5.76. The Balaban J connectivity index is 1.63. The highest BCUT2D eigenvalue weighted by Gasteiger charge is 2.28. The van der Waals surface area contributed by atoms with Crippen molar-refractivity contribution in [1.29, 1.82) is 0 Å². The number of esters is 1. The number of rotatable bonds is 11. The summed E-state index contributed by atoms with van der Waals surface area (Å²) in [4.78, 5) is 15.8. The first-order valence-corrected chi connectivity index (χ1v) is 11.9. The number of carbonyl (C=O) groups excluding carboxylic acids is 1. The maximum atomic E-state index is 13.6. The molecule has 0 saturated carbocycles. The SMILES string of the molecule is O=C(OCc1ccccc1)C(Cc1cccc(CO)c1)N(Cc1ccccc1)Cc1ccccc1. The van der Waals surface area contributed by atoms with Crippen molar-refractivity contribution < 1.29 is 14.6 Å². The Kier molecular flexibility index (Phi) is 8.82. The van der Waals surface area contributed by atoms with E-state index < -0.39 is 6.04 Å². The van der Waals surface area contributed by atoms with Crippen LogP contribution in [-0.2, 0) is 42.3 Å². The van der Waals surface area contributed by atoms with Crippen molar-refractivity contribution in [2.45, 2.75) is 38.8 Å². The van der Waals surface area contributed by atoms with Gasteiger partial charge in [0.25, 0.3) is 0 Å². The molecule has 35 heavy (non-hydrogen) atoms. The average molecular weight is 466 g/mol. The molecule has 0 aliphatic heterocycles. The van der Waals surface area contributed by atoms with Crippen molar-refractivity contribution >= 4 is 5.97 Å². The fourth-order valence-electron chi connectivity index (χ4n) is 4.18. The Labute approximate surface area is 207 Å². The summed E-state index contributed by atoms with van der Waals surface area (Å²) in [5.41, 5.74) is 5.04. The highest BCUT2D eigenvalue weighted by Crippen LogP contribution is 2.20. The van der Waals surface area contributed by atoms with Gasteiger partial charge in [0.05, 0.1) is 6.61 Å². The topological polar surface area (TPSA) is 49.8 Å². The molecule has 4 heteroatoms. The zero-order chi connectivity index (χ0) is 24.3. The number of benzene rings is 4. The van der Waals surface area contributed by atoms with Crippen molar-refractivity contribution in [2.24, 2.45) is 0 Å². The first-order valence-electron chi connectivity index (χ1n) is 11.9. The summed E-state index contributed by atoms with van der Waals surface area (Å²) in [5.74, 6) is -0.255. The molecule has 1 N–H and O–H groups in total. The summed E-state index contributed by atoms with van der Waals surface area (Å²) in [5, 5.41) is 9.61. The molecule has 0 aliphatic rings. The molecule has 0 aromatic heterocycles. The molecule has 0 saturated heterocycles. The van der Waals surface area contributed by atoms with E-state index in [0.717, 1.165) is 27.8 Å². The van der Waals surface area contributed by atoms with Gasteiger partial charge in [-0.2, -0.15) is 0 Å². The lowest BCUT2D eigenvalue weighted by molar-refractivity contribution is -0.152. The predicted octanol–water partition coefficient (Wildman–Crippen LogP) is 5.54. The minimum atomic E-state index is -0.493. The van der Waals surface area contributed by atoms with Gasteiger partial charge in [0, 0.05) is 13.1 Å². The molecule has 0 bridgehead atoms. The smallest absolute Gasteiger partial charge is 0.324 e. The third-order valence-electron chi connectivity index (χ3n) is 6.00. The average Bonchev–Trinajstić information content (AvgIpc) is 2.92. The van der Waals surface area contributed by atoms with Crippen LogP contribution < -0.4 is 0 Å². The molecule has 4 rings (SSSR count). The molecule has 0 fully saturated rings. The standard InChI is InChI=1S/C31H31NO3/c33-23-29-18-10-17-28(19-29)20-30(31(34)35-24-27-15-8-3-9-16-27)32(21-25-11-4-1-5-12-25)22-26-13-6-2-7-14-26/h1-19,30,33H,20-24H2. The van der Waals surface area contributed by atoms with Gasteiger partial charge in [-0.15, -0.1) is 0 Å². The number of hydrogen-bond donors (Lipinski definition) is 1. The maximum absolute atomic E-state index is 13.6. The predicted molar refractivity (Wildman–Crippen MR) is 138 cm³/mol. The van der Waals surface area contributed by atoms with Crippen LogP contribution in [0.25, 0.3) is 0 Å². The van der Waals surface area contributed by atoms with E-state index >= 15 is 0 Å². The van der Waals surface area contributed by atoms with E-state index in [0.29, 0.717) is 19.5 Å². The van der Waals surface area contributed by atoms with E-state index in [1.807, 2.05) is 91.0 Å². The molecule has 1 atom stereocenters. The van der Waals surface area contributed by atoms with Crippen LogP contribution in [0.5, 0.6) is 0 Å². The quantitative estimate of drug-likeness (QED) is 0.296.